The van der Waals surface area contributed by atoms with E-state index in [9.17, 15) is 4.79 Å². The Hall–Kier alpha value is -1.92. The Bertz CT molecular complexity index is 831. The second-order valence-corrected chi connectivity index (χ2v) is 8.50. The molecule has 26 heavy (non-hydrogen) atoms. The molecule has 0 bridgehead atoms. The van der Waals surface area contributed by atoms with Crippen molar-refractivity contribution in [1.82, 2.24) is 15.3 Å². The minimum Gasteiger partial charge on any atom is -0.315 e. The standard InChI is InChI=1S/C20H22N4OS/c25-18-20(8-9-21-13-20)17-15(11-24(18)16-4-2-1-3-5-16)10-22-19(23-17)26-12-14-6-7-14/h1-5,10,14,21H,6-9,11-13H2. The highest BCUT2D eigenvalue weighted by Crippen LogP contribution is 2.41. The first-order valence-electron chi connectivity index (χ1n) is 9.33. The van der Waals surface area contributed by atoms with E-state index >= 15 is 0 Å². The number of hydrogen-bond donors (Lipinski definition) is 1. The number of anilines is 1. The molecule has 5 rings (SSSR count). The Morgan fingerprint density at radius 3 is 2.85 bits per heavy atom. The molecule has 1 N–H and O–H groups in total. The molecule has 3 aliphatic rings. The molecule has 1 aromatic carbocycles. The molecule has 1 atom stereocenters. The molecule has 2 aliphatic heterocycles. The number of para-hydroxylation sites is 1. The summed E-state index contributed by atoms with van der Waals surface area (Å²) in [6.45, 7) is 2.06. The van der Waals surface area contributed by atoms with E-state index in [2.05, 4.69) is 10.3 Å². The lowest BCUT2D eigenvalue weighted by Crippen LogP contribution is -2.53. The van der Waals surface area contributed by atoms with Gasteiger partial charge < -0.3 is 10.2 Å². The Morgan fingerprint density at radius 2 is 2.12 bits per heavy atom. The molecule has 1 saturated carbocycles. The SMILES string of the molecule is O=C1N(c2ccccc2)Cc2cnc(SCC3CC3)nc2C12CCNC2. The fraction of sp³-hybridized carbons (Fsp3) is 0.450. The van der Waals surface area contributed by atoms with Gasteiger partial charge in [-0.1, -0.05) is 30.0 Å². The zero-order chi connectivity index (χ0) is 17.6. The number of thioether (sulfide) groups is 1. The van der Waals surface area contributed by atoms with E-state index in [1.807, 2.05) is 41.4 Å². The normalized spacial score (nSPS) is 24.9. The quantitative estimate of drug-likeness (QED) is 0.666. The molecular formula is C20H22N4OS. The lowest BCUT2D eigenvalue weighted by molar-refractivity contribution is -0.124. The molecule has 1 aliphatic carbocycles. The molecule has 0 radical (unpaired) electrons. The predicted octanol–water partition coefficient (Wildman–Crippen LogP) is 2.76. The Morgan fingerprint density at radius 1 is 1.27 bits per heavy atom. The lowest BCUT2D eigenvalue weighted by Gasteiger charge is -2.39. The minimum atomic E-state index is -0.554. The number of nitrogens with one attached hydrogen (secondary N) is 1. The molecule has 1 saturated heterocycles. The summed E-state index contributed by atoms with van der Waals surface area (Å²) >= 11 is 1.74. The third-order valence-corrected chi connectivity index (χ3v) is 6.74. The number of hydrogen-bond acceptors (Lipinski definition) is 5. The first kappa shape index (κ1) is 16.3. The number of rotatable bonds is 4. The minimum absolute atomic E-state index is 0.165. The van der Waals surface area contributed by atoms with Crippen LogP contribution in [0.5, 0.6) is 0 Å². The average Bonchev–Trinajstić information content (AvgIpc) is 3.39. The molecular weight excluding hydrogens is 344 g/mol. The highest BCUT2D eigenvalue weighted by Gasteiger charge is 2.51. The third-order valence-electron chi connectivity index (χ3n) is 5.65. The van der Waals surface area contributed by atoms with Gasteiger partial charge in [-0.25, -0.2) is 9.97 Å². The number of aromatic nitrogens is 2. The van der Waals surface area contributed by atoms with Crippen molar-refractivity contribution in [2.45, 2.75) is 36.4 Å². The fourth-order valence-electron chi connectivity index (χ4n) is 3.96. The van der Waals surface area contributed by atoms with Crippen LogP contribution in [0, 0.1) is 5.92 Å². The second-order valence-electron chi connectivity index (χ2n) is 7.52. The van der Waals surface area contributed by atoms with E-state index < -0.39 is 5.41 Å². The van der Waals surface area contributed by atoms with E-state index in [1.165, 1.54) is 12.8 Å². The third kappa shape index (κ3) is 2.72. The first-order valence-corrected chi connectivity index (χ1v) is 10.3. The van der Waals surface area contributed by atoms with Gasteiger partial charge in [0.2, 0.25) is 5.91 Å². The number of amides is 1. The van der Waals surface area contributed by atoms with Crippen LogP contribution in [0.1, 0.15) is 30.5 Å². The number of nitrogens with zero attached hydrogens (tertiary/aromatic N) is 3. The molecule has 1 aromatic heterocycles. The Balaban J connectivity index is 1.54. The van der Waals surface area contributed by atoms with E-state index in [-0.39, 0.29) is 5.91 Å². The molecule has 1 unspecified atom stereocenters. The topological polar surface area (TPSA) is 58.1 Å². The van der Waals surface area contributed by atoms with Gasteiger partial charge in [0, 0.05) is 29.7 Å². The van der Waals surface area contributed by atoms with Crippen molar-refractivity contribution in [1.29, 1.82) is 0 Å². The highest BCUT2D eigenvalue weighted by atomic mass is 32.2. The van der Waals surface area contributed by atoms with Crippen LogP contribution in [-0.4, -0.2) is 34.7 Å². The Kier molecular flexibility index (Phi) is 3.98. The number of benzene rings is 1. The van der Waals surface area contributed by atoms with Crippen LogP contribution in [0.2, 0.25) is 0 Å². The van der Waals surface area contributed by atoms with Crippen LogP contribution in [0.15, 0.2) is 41.7 Å². The molecule has 1 amide bonds. The summed E-state index contributed by atoms with van der Waals surface area (Å²) < 4.78 is 0. The summed E-state index contributed by atoms with van der Waals surface area (Å²) in [5, 5.41) is 4.21. The van der Waals surface area contributed by atoms with Crippen LogP contribution in [0.3, 0.4) is 0 Å². The van der Waals surface area contributed by atoms with Gasteiger partial charge in [-0.15, -0.1) is 0 Å². The zero-order valence-electron chi connectivity index (χ0n) is 14.6. The maximum atomic E-state index is 13.5. The molecule has 5 nitrogen and oxygen atoms in total. The molecule has 134 valence electrons. The summed E-state index contributed by atoms with van der Waals surface area (Å²) in [6.07, 6.45) is 5.40. The summed E-state index contributed by atoms with van der Waals surface area (Å²) in [5.74, 6) is 2.09. The monoisotopic (exact) mass is 366 g/mol. The van der Waals surface area contributed by atoms with Crippen molar-refractivity contribution in [3.8, 4) is 0 Å². The predicted molar refractivity (Wildman–Crippen MR) is 102 cm³/mol. The number of carbonyl (C=O) groups is 1. The van der Waals surface area contributed by atoms with Gasteiger partial charge in [0.25, 0.3) is 0 Å². The smallest absolute Gasteiger partial charge is 0.240 e. The van der Waals surface area contributed by atoms with Gasteiger partial charge in [-0.3, -0.25) is 4.79 Å². The van der Waals surface area contributed by atoms with Crippen molar-refractivity contribution in [3.05, 3.63) is 47.8 Å². The van der Waals surface area contributed by atoms with Crippen LogP contribution in [0.25, 0.3) is 0 Å². The summed E-state index contributed by atoms with van der Waals surface area (Å²) in [7, 11) is 0. The van der Waals surface area contributed by atoms with E-state index in [0.29, 0.717) is 13.1 Å². The van der Waals surface area contributed by atoms with Gasteiger partial charge in [0.15, 0.2) is 5.16 Å². The van der Waals surface area contributed by atoms with Gasteiger partial charge in [-0.05, 0) is 43.9 Å². The zero-order valence-corrected chi connectivity index (χ0v) is 15.5. The van der Waals surface area contributed by atoms with Gasteiger partial charge in [0.1, 0.15) is 5.41 Å². The first-order chi connectivity index (χ1) is 12.8. The summed E-state index contributed by atoms with van der Waals surface area (Å²) in [4.78, 5) is 24.9. The fourth-order valence-corrected chi connectivity index (χ4v) is 4.96. The average molecular weight is 366 g/mol. The second kappa shape index (κ2) is 6.35. The van der Waals surface area contributed by atoms with Crippen LogP contribution in [0.4, 0.5) is 5.69 Å². The van der Waals surface area contributed by atoms with E-state index in [4.69, 9.17) is 4.98 Å². The maximum Gasteiger partial charge on any atom is 0.240 e. The largest absolute Gasteiger partial charge is 0.315 e. The van der Waals surface area contributed by atoms with Crippen molar-refractivity contribution in [2.24, 2.45) is 5.92 Å². The van der Waals surface area contributed by atoms with Crippen molar-refractivity contribution in [3.63, 3.8) is 0 Å². The van der Waals surface area contributed by atoms with Crippen molar-refractivity contribution < 1.29 is 4.79 Å². The van der Waals surface area contributed by atoms with Gasteiger partial charge in [-0.2, -0.15) is 0 Å². The van der Waals surface area contributed by atoms with Crippen LogP contribution < -0.4 is 10.2 Å². The molecule has 2 aromatic rings. The van der Waals surface area contributed by atoms with Crippen LogP contribution >= 0.6 is 11.8 Å². The van der Waals surface area contributed by atoms with Crippen molar-refractivity contribution >= 4 is 23.4 Å². The molecule has 3 heterocycles. The van der Waals surface area contributed by atoms with Gasteiger partial charge in [0.05, 0.1) is 12.2 Å². The van der Waals surface area contributed by atoms with Crippen LogP contribution in [-0.2, 0) is 16.8 Å². The highest BCUT2D eigenvalue weighted by molar-refractivity contribution is 7.99. The van der Waals surface area contributed by atoms with Gasteiger partial charge >= 0.3 is 0 Å². The number of carbonyl (C=O) groups excluding carboxylic acids is 1. The summed E-state index contributed by atoms with van der Waals surface area (Å²) in [6, 6.07) is 9.93. The number of fused-ring (bicyclic) bond motifs is 2. The van der Waals surface area contributed by atoms with E-state index in [0.717, 1.165) is 46.7 Å². The lowest BCUT2D eigenvalue weighted by atomic mass is 9.77. The summed E-state index contributed by atoms with van der Waals surface area (Å²) in [5.41, 5.74) is 2.42. The Labute approximate surface area is 157 Å². The molecule has 2 fully saturated rings. The van der Waals surface area contributed by atoms with E-state index in [1.54, 1.807) is 11.8 Å². The molecule has 6 heteroatoms. The maximum absolute atomic E-state index is 13.5. The molecule has 1 spiro atoms. The van der Waals surface area contributed by atoms with Crippen molar-refractivity contribution in [2.75, 3.05) is 23.7 Å².